The van der Waals surface area contributed by atoms with Gasteiger partial charge in [-0.3, -0.25) is 9.69 Å². The zero-order valence-corrected chi connectivity index (χ0v) is 21.5. The number of cyclic esters (lactones) is 1. The molecule has 1 aromatic carbocycles. The lowest BCUT2D eigenvalue weighted by molar-refractivity contribution is -0.664. The summed E-state index contributed by atoms with van der Waals surface area (Å²) >= 11 is 0. The van der Waals surface area contributed by atoms with Gasteiger partial charge in [0, 0.05) is 61.3 Å². The zero-order chi connectivity index (χ0) is 26.7. The van der Waals surface area contributed by atoms with Gasteiger partial charge >= 0.3 is 5.97 Å². The molecule has 2 saturated heterocycles. The lowest BCUT2D eigenvalue weighted by Crippen LogP contribution is -2.60. The van der Waals surface area contributed by atoms with E-state index in [1.54, 1.807) is 30.1 Å². The number of aromatic amines is 1. The monoisotopic (exact) mass is 534 g/mol. The Labute approximate surface area is 223 Å². The van der Waals surface area contributed by atoms with Crippen LogP contribution in [0.2, 0.25) is 0 Å². The Kier molecular flexibility index (Phi) is 5.89. The number of ether oxygens (including phenoxy) is 2. The van der Waals surface area contributed by atoms with Gasteiger partial charge in [0.2, 0.25) is 5.91 Å². The van der Waals surface area contributed by atoms with Crippen molar-refractivity contribution < 1.29 is 28.1 Å². The summed E-state index contributed by atoms with van der Waals surface area (Å²) in [5.41, 5.74) is 3.11. The number of aryl methyl sites for hydroxylation is 1. The number of H-pyrrole nitrogens is 1. The van der Waals surface area contributed by atoms with E-state index < -0.39 is 12.1 Å². The van der Waals surface area contributed by atoms with Crippen LogP contribution >= 0.6 is 0 Å². The normalized spacial score (nSPS) is 26.5. The molecule has 2 aromatic heterocycles. The number of carbonyl (C=O) groups excluding carboxylic acids is 2. The van der Waals surface area contributed by atoms with E-state index in [1.807, 2.05) is 17.0 Å². The number of benzene rings is 1. The van der Waals surface area contributed by atoms with Crippen molar-refractivity contribution in [1.82, 2.24) is 30.3 Å². The summed E-state index contributed by atoms with van der Waals surface area (Å²) in [5, 5.41) is 10.3. The number of amides is 1. The van der Waals surface area contributed by atoms with Crippen molar-refractivity contribution >= 4 is 11.9 Å². The maximum atomic E-state index is 15.5. The minimum absolute atomic E-state index is 0.0558. The number of piperazine rings is 1. The highest BCUT2D eigenvalue weighted by Gasteiger charge is 2.40. The number of hydrogen-bond acceptors (Lipinski definition) is 8. The first-order chi connectivity index (χ1) is 19.0. The van der Waals surface area contributed by atoms with Crippen molar-refractivity contribution in [3.8, 4) is 5.82 Å². The molecule has 0 saturated carbocycles. The van der Waals surface area contributed by atoms with Gasteiger partial charge in [0.25, 0.3) is 12.1 Å². The van der Waals surface area contributed by atoms with Gasteiger partial charge in [0.15, 0.2) is 0 Å². The third-order valence-corrected chi connectivity index (χ3v) is 8.41. The average Bonchev–Trinajstić information content (AvgIpc) is 3.63. The van der Waals surface area contributed by atoms with Gasteiger partial charge in [-0.2, -0.15) is 0 Å². The van der Waals surface area contributed by atoms with E-state index in [0.717, 1.165) is 24.1 Å². The van der Waals surface area contributed by atoms with E-state index in [-0.39, 0.29) is 29.8 Å². The third-order valence-electron chi connectivity index (χ3n) is 8.41. The zero-order valence-electron chi connectivity index (χ0n) is 21.5. The predicted octanol–water partition coefficient (Wildman–Crippen LogP) is 1.03. The molecule has 0 radical (unpaired) electrons. The highest BCUT2D eigenvalue weighted by atomic mass is 19.1. The van der Waals surface area contributed by atoms with Crippen molar-refractivity contribution in [2.24, 2.45) is 0 Å². The molecule has 0 spiro atoms. The average molecular weight is 535 g/mol. The number of morpholine rings is 1. The molecule has 4 atom stereocenters. The van der Waals surface area contributed by atoms with Gasteiger partial charge in [-0.25, -0.2) is 9.18 Å². The first-order valence-electron chi connectivity index (χ1n) is 13.4. The quantitative estimate of drug-likeness (QED) is 0.391. The van der Waals surface area contributed by atoms with E-state index >= 15 is 4.39 Å². The van der Waals surface area contributed by atoms with E-state index in [1.165, 1.54) is 0 Å². The molecule has 3 aromatic rings. The topological polar surface area (TPSA) is 117 Å². The van der Waals surface area contributed by atoms with Crippen LogP contribution in [0.4, 0.5) is 4.39 Å². The van der Waals surface area contributed by atoms with Crippen molar-refractivity contribution in [2.75, 3.05) is 32.8 Å². The lowest BCUT2D eigenvalue weighted by atomic mass is 9.93. The van der Waals surface area contributed by atoms with Crippen LogP contribution in [0.15, 0.2) is 30.6 Å². The van der Waals surface area contributed by atoms with Crippen LogP contribution < -0.4 is 4.68 Å². The number of nitrogens with zero attached hydrogens (tertiary/aromatic N) is 6. The van der Waals surface area contributed by atoms with Gasteiger partial charge < -0.3 is 14.4 Å². The van der Waals surface area contributed by atoms with Gasteiger partial charge in [0.05, 0.1) is 30.2 Å². The summed E-state index contributed by atoms with van der Waals surface area (Å²) in [6.07, 6.45) is 2.62. The second-order valence-electron chi connectivity index (χ2n) is 10.8. The van der Waals surface area contributed by atoms with Crippen molar-refractivity contribution in [3.63, 3.8) is 0 Å². The van der Waals surface area contributed by atoms with Crippen LogP contribution in [-0.2, 0) is 27.1 Å². The van der Waals surface area contributed by atoms with Crippen molar-refractivity contribution in [2.45, 2.75) is 50.4 Å². The van der Waals surface area contributed by atoms with Gasteiger partial charge in [0.1, 0.15) is 22.8 Å². The molecule has 4 aliphatic rings. The maximum Gasteiger partial charge on any atom is 0.338 e. The molecule has 1 aliphatic carbocycles. The number of tetrazole rings is 1. The molecular formula is C27H29FN7O4+. The molecule has 7 rings (SSSR count). The number of rotatable bonds is 3. The minimum Gasteiger partial charge on any atom is -0.459 e. The molecule has 3 aliphatic heterocycles. The Morgan fingerprint density at radius 3 is 2.90 bits per heavy atom. The molecule has 1 amide bonds. The van der Waals surface area contributed by atoms with E-state index in [9.17, 15) is 9.59 Å². The smallest absolute Gasteiger partial charge is 0.338 e. The van der Waals surface area contributed by atoms with Crippen LogP contribution in [-0.4, -0.2) is 87.1 Å². The number of nitrogens with one attached hydrogen (secondary N) is 1. The van der Waals surface area contributed by atoms with Crippen LogP contribution in [0.1, 0.15) is 58.1 Å². The number of halogens is 1. The standard InChI is InChI=1S/C27H28FN7O4/c1-15-10-21-19(27(37)39-15)2-3-20(25(21)28)23-12-33-8-9-34(11-16(33)13-38-23)26(36)18-4-6-22-17(18)5-7-24(30-22)35-14-29-31-32-35/h2-3,5,7,14-16,18,23H,4,6,8-13H2,1H3/p+1/t15-,16-,18?,23+/m0/s1. The number of pyridine rings is 1. The Morgan fingerprint density at radius 1 is 1.18 bits per heavy atom. The van der Waals surface area contributed by atoms with Crippen LogP contribution in [0, 0.1) is 5.82 Å². The molecule has 1 N–H and O–H groups in total. The van der Waals surface area contributed by atoms with Crippen LogP contribution in [0.25, 0.3) is 5.82 Å². The number of esters is 1. The summed E-state index contributed by atoms with van der Waals surface area (Å²) in [5.74, 6) is -0.224. The van der Waals surface area contributed by atoms with Crippen LogP contribution in [0.5, 0.6) is 0 Å². The summed E-state index contributed by atoms with van der Waals surface area (Å²) < 4.78 is 28.5. The van der Waals surface area contributed by atoms with Gasteiger partial charge in [-0.05, 0) is 31.0 Å². The fourth-order valence-electron chi connectivity index (χ4n) is 6.38. The van der Waals surface area contributed by atoms with Gasteiger partial charge in [-0.15, -0.1) is 9.67 Å². The van der Waals surface area contributed by atoms with Crippen LogP contribution in [0.3, 0.4) is 0 Å². The lowest BCUT2D eigenvalue weighted by Gasteiger charge is -2.46. The van der Waals surface area contributed by atoms with E-state index in [4.69, 9.17) is 14.5 Å². The first-order valence-corrected chi connectivity index (χ1v) is 13.4. The second kappa shape index (κ2) is 9.45. The van der Waals surface area contributed by atoms with Crippen molar-refractivity contribution in [1.29, 1.82) is 0 Å². The molecule has 202 valence electrons. The molecule has 12 heteroatoms. The Bertz CT molecular complexity index is 1450. The number of carbonyl (C=O) groups is 2. The Hall–Kier alpha value is -3.77. The summed E-state index contributed by atoms with van der Waals surface area (Å²) in [7, 11) is 0. The molecule has 39 heavy (non-hydrogen) atoms. The van der Waals surface area contributed by atoms with E-state index in [0.29, 0.717) is 61.7 Å². The number of hydrogen-bond donors (Lipinski definition) is 1. The minimum atomic E-state index is -0.477. The molecule has 11 nitrogen and oxygen atoms in total. The van der Waals surface area contributed by atoms with E-state index in [2.05, 4.69) is 20.4 Å². The maximum absolute atomic E-state index is 15.5. The Morgan fingerprint density at radius 2 is 2.05 bits per heavy atom. The highest BCUT2D eigenvalue weighted by Crippen LogP contribution is 2.36. The number of aromatic nitrogens is 5. The fraction of sp³-hybridized carbons (Fsp3) is 0.481. The summed E-state index contributed by atoms with van der Waals surface area (Å²) in [6.45, 7) is 4.62. The van der Waals surface area contributed by atoms with Gasteiger partial charge in [-0.1, -0.05) is 11.3 Å². The molecule has 0 bridgehead atoms. The highest BCUT2D eigenvalue weighted by molar-refractivity contribution is 5.92. The third kappa shape index (κ3) is 4.18. The molecule has 5 heterocycles. The summed E-state index contributed by atoms with van der Waals surface area (Å²) in [6, 6.07) is 7.21. The predicted molar refractivity (Wildman–Crippen MR) is 132 cm³/mol. The fourth-order valence-corrected chi connectivity index (χ4v) is 6.38. The molecule has 1 unspecified atom stereocenters. The number of fused-ring (bicyclic) bond motifs is 3. The SMILES string of the molecule is C[C@H]1Cc2c(ccc([C@H]3CN4CCN(C(=O)C5CCc6nc(-[n+]7cnn[nH]7)ccc65)C[C@H]4CO3)c2F)C(=O)O1. The largest absolute Gasteiger partial charge is 0.459 e. The molecular weight excluding hydrogens is 505 g/mol. The second-order valence-corrected chi connectivity index (χ2v) is 10.8. The molecule has 2 fully saturated rings. The van der Waals surface area contributed by atoms with Crippen molar-refractivity contribution in [3.05, 3.63) is 64.4 Å². The Balaban J connectivity index is 1.02. The summed E-state index contributed by atoms with van der Waals surface area (Å²) in [4.78, 5) is 34.7. The first kappa shape index (κ1) is 24.3.